The van der Waals surface area contributed by atoms with E-state index < -0.39 is 11.6 Å². The third-order valence-corrected chi connectivity index (χ3v) is 7.89. The number of halogens is 2. The molecule has 8 heteroatoms. The van der Waals surface area contributed by atoms with E-state index in [1.54, 1.807) is 17.4 Å². The van der Waals surface area contributed by atoms with Gasteiger partial charge in [-0.05, 0) is 74.5 Å². The molecule has 4 nitrogen and oxygen atoms in total. The minimum Gasteiger partial charge on any atom is -0.299 e. The fourth-order valence-corrected chi connectivity index (χ4v) is 5.78. The highest BCUT2D eigenvalue weighted by Gasteiger charge is 2.21. The number of aromatic nitrogens is 4. The van der Waals surface area contributed by atoms with Gasteiger partial charge in [-0.1, -0.05) is 30.0 Å². The monoisotopic (exact) mass is 506 g/mol. The standard InChI is InChI=1S/C27H24F2N4S2/c1-15(2)33-26(31-32-27(33)35-14-18-7-5-8-21(28)25(18)29)20-13-23(24-9-6-10-34-24)30-22-12-17(4)16(3)11-19(20)22/h5-13,15H,14H2,1-4H3. The molecule has 0 bridgehead atoms. The number of benzene rings is 2. The van der Waals surface area contributed by atoms with Crippen LogP contribution in [0.5, 0.6) is 0 Å². The molecule has 3 heterocycles. The van der Waals surface area contributed by atoms with E-state index in [0.29, 0.717) is 10.7 Å². The third-order valence-electron chi connectivity index (χ3n) is 6.01. The van der Waals surface area contributed by atoms with Crippen LogP contribution in [-0.2, 0) is 5.75 Å². The smallest absolute Gasteiger partial charge is 0.192 e. The lowest BCUT2D eigenvalue weighted by Gasteiger charge is -2.16. The molecule has 0 saturated heterocycles. The quantitative estimate of drug-likeness (QED) is 0.219. The number of fused-ring (bicyclic) bond motifs is 1. The molecule has 3 aromatic heterocycles. The summed E-state index contributed by atoms with van der Waals surface area (Å²) >= 11 is 2.99. The summed E-state index contributed by atoms with van der Waals surface area (Å²) in [6.07, 6.45) is 0. The first-order valence-electron chi connectivity index (χ1n) is 11.3. The molecule has 0 atom stereocenters. The molecule has 0 unspecified atom stereocenters. The molecule has 0 N–H and O–H groups in total. The van der Waals surface area contributed by atoms with E-state index in [0.717, 1.165) is 38.9 Å². The van der Waals surface area contributed by atoms with Gasteiger partial charge in [-0.15, -0.1) is 21.5 Å². The van der Waals surface area contributed by atoms with Gasteiger partial charge in [0.1, 0.15) is 0 Å². The van der Waals surface area contributed by atoms with Gasteiger partial charge in [0.2, 0.25) is 0 Å². The van der Waals surface area contributed by atoms with Crippen molar-refractivity contribution >= 4 is 34.0 Å². The fraction of sp³-hybridized carbons (Fsp3) is 0.222. The third kappa shape index (κ3) is 4.48. The van der Waals surface area contributed by atoms with Gasteiger partial charge in [-0.25, -0.2) is 13.8 Å². The zero-order chi connectivity index (χ0) is 24.7. The summed E-state index contributed by atoms with van der Waals surface area (Å²) in [7, 11) is 0. The Hall–Kier alpha value is -3.10. The maximum atomic E-state index is 14.2. The number of hydrogen-bond donors (Lipinski definition) is 0. The summed E-state index contributed by atoms with van der Waals surface area (Å²) in [5, 5.41) is 12.8. The minimum absolute atomic E-state index is 0.0554. The summed E-state index contributed by atoms with van der Waals surface area (Å²) in [6.45, 7) is 8.32. The van der Waals surface area contributed by atoms with Crippen LogP contribution in [0.25, 0.3) is 32.9 Å². The van der Waals surface area contributed by atoms with Crippen molar-refractivity contribution in [3.05, 3.63) is 82.2 Å². The number of pyridine rings is 1. The lowest BCUT2D eigenvalue weighted by Crippen LogP contribution is -2.06. The Balaban J connectivity index is 1.64. The Labute approximate surface area is 211 Å². The van der Waals surface area contributed by atoms with Gasteiger partial charge in [0.15, 0.2) is 22.6 Å². The van der Waals surface area contributed by atoms with Gasteiger partial charge >= 0.3 is 0 Å². The molecule has 0 aliphatic heterocycles. The van der Waals surface area contributed by atoms with Gasteiger partial charge in [-0.2, -0.15) is 0 Å². The average Bonchev–Trinajstić information content (AvgIpc) is 3.51. The molecule has 0 spiro atoms. The van der Waals surface area contributed by atoms with Gasteiger partial charge < -0.3 is 0 Å². The average molecular weight is 507 g/mol. The number of aryl methyl sites for hydroxylation is 2. The van der Waals surface area contributed by atoms with Crippen LogP contribution in [0.4, 0.5) is 8.78 Å². The first-order valence-corrected chi connectivity index (χ1v) is 13.2. The van der Waals surface area contributed by atoms with Crippen LogP contribution in [-0.4, -0.2) is 19.7 Å². The number of thiophene rings is 1. The SMILES string of the molecule is Cc1cc2nc(-c3cccs3)cc(-c3nnc(SCc4cccc(F)c4F)n3C(C)C)c2cc1C. The van der Waals surface area contributed by atoms with Gasteiger partial charge in [-0.3, -0.25) is 4.57 Å². The van der Waals surface area contributed by atoms with Crippen molar-refractivity contribution in [2.75, 3.05) is 0 Å². The Bertz CT molecular complexity index is 1520. The molecule has 0 aliphatic carbocycles. The molecule has 0 radical (unpaired) electrons. The van der Waals surface area contributed by atoms with E-state index in [9.17, 15) is 8.78 Å². The Morgan fingerprint density at radius 2 is 1.80 bits per heavy atom. The van der Waals surface area contributed by atoms with Crippen LogP contribution in [0.1, 0.15) is 36.6 Å². The van der Waals surface area contributed by atoms with Crippen molar-refractivity contribution in [2.45, 2.75) is 44.6 Å². The lowest BCUT2D eigenvalue weighted by molar-refractivity contribution is 0.502. The topological polar surface area (TPSA) is 43.6 Å². The van der Waals surface area contributed by atoms with Crippen molar-refractivity contribution in [3.8, 4) is 22.0 Å². The van der Waals surface area contributed by atoms with Crippen molar-refractivity contribution < 1.29 is 8.78 Å². The molecule has 5 rings (SSSR count). The van der Waals surface area contributed by atoms with Gasteiger partial charge in [0.25, 0.3) is 0 Å². The van der Waals surface area contributed by atoms with Gasteiger partial charge in [0, 0.05) is 28.3 Å². The van der Waals surface area contributed by atoms with Crippen molar-refractivity contribution in [1.29, 1.82) is 0 Å². The Morgan fingerprint density at radius 3 is 2.54 bits per heavy atom. The van der Waals surface area contributed by atoms with Crippen LogP contribution >= 0.6 is 23.1 Å². The van der Waals surface area contributed by atoms with E-state index in [2.05, 4.69) is 66.7 Å². The van der Waals surface area contributed by atoms with Crippen molar-refractivity contribution in [1.82, 2.24) is 19.7 Å². The van der Waals surface area contributed by atoms with Crippen LogP contribution in [0, 0.1) is 25.5 Å². The lowest BCUT2D eigenvalue weighted by atomic mass is 10.0. The van der Waals surface area contributed by atoms with Crippen LogP contribution in [0.15, 0.2) is 59.1 Å². The van der Waals surface area contributed by atoms with E-state index in [-0.39, 0.29) is 11.8 Å². The summed E-state index contributed by atoms with van der Waals surface area (Å²) in [5.41, 5.74) is 5.40. The molecule has 178 valence electrons. The zero-order valence-corrected chi connectivity index (χ0v) is 21.5. The zero-order valence-electron chi connectivity index (χ0n) is 19.8. The van der Waals surface area contributed by atoms with Gasteiger partial charge in [0.05, 0.1) is 16.1 Å². The normalized spacial score (nSPS) is 11.6. The highest BCUT2D eigenvalue weighted by atomic mass is 32.2. The number of hydrogen-bond acceptors (Lipinski definition) is 5. The van der Waals surface area contributed by atoms with Crippen LogP contribution in [0.2, 0.25) is 0 Å². The second kappa shape index (κ2) is 9.51. The molecular formula is C27H24F2N4S2. The first kappa shape index (κ1) is 23.6. The highest BCUT2D eigenvalue weighted by Crippen LogP contribution is 2.37. The molecule has 0 aliphatic rings. The first-order chi connectivity index (χ1) is 16.8. The second-order valence-electron chi connectivity index (χ2n) is 8.76. The predicted octanol–water partition coefficient (Wildman–Crippen LogP) is 7.99. The summed E-state index contributed by atoms with van der Waals surface area (Å²) < 4.78 is 30.0. The van der Waals surface area contributed by atoms with E-state index in [1.165, 1.54) is 29.0 Å². The maximum absolute atomic E-state index is 14.2. The van der Waals surface area contributed by atoms with Crippen LogP contribution in [0.3, 0.4) is 0 Å². The molecule has 5 aromatic rings. The predicted molar refractivity (Wildman–Crippen MR) is 140 cm³/mol. The highest BCUT2D eigenvalue weighted by molar-refractivity contribution is 7.98. The van der Waals surface area contributed by atoms with E-state index in [4.69, 9.17) is 4.98 Å². The summed E-state index contributed by atoms with van der Waals surface area (Å²) in [6, 6.07) is 14.7. The summed E-state index contributed by atoms with van der Waals surface area (Å²) in [5.74, 6) is -0.674. The Kier molecular flexibility index (Phi) is 6.42. The molecule has 0 amide bonds. The molecule has 2 aromatic carbocycles. The second-order valence-corrected chi connectivity index (χ2v) is 10.6. The number of nitrogens with zero attached hydrogens (tertiary/aromatic N) is 4. The minimum atomic E-state index is -0.843. The maximum Gasteiger partial charge on any atom is 0.192 e. The molecular weight excluding hydrogens is 482 g/mol. The molecule has 0 saturated carbocycles. The van der Waals surface area contributed by atoms with Crippen molar-refractivity contribution in [3.63, 3.8) is 0 Å². The van der Waals surface area contributed by atoms with E-state index in [1.807, 2.05) is 11.4 Å². The number of thioether (sulfide) groups is 1. The van der Waals surface area contributed by atoms with Crippen LogP contribution < -0.4 is 0 Å². The Morgan fingerprint density at radius 1 is 1.00 bits per heavy atom. The molecule has 0 fully saturated rings. The summed E-state index contributed by atoms with van der Waals surface area (Å²) in [4.78, 5) is 6.03. The molecule has 35 heavy (non-hydrogen) atoms. The number of rotatable bonds is 6. The van der Waals surface area contributed by atoms with E-state index >= 15 is 0 Å². The fourth-order valence-electron chi connectivity index (χ4n) is 4.05. The van der Waals surface area contributed by atoms with Crippen molar-refractivity contribution in [2.24, 2.45) is 0 Å². The largest absolute Gasteiger partial charge is 0.299 e.